The SMILES string of the molecule is CCCCCCCC1CCN2CCCC2=N1. The zero-order chi connectivity index (χ0) is 11.2. The first-order valence-electron chi connectivity index (χ1n) is 7.22. The minimum atomic E-state index is 0.658. The predicted octanol–water partition coefficient (Wildman–Crippen LogP) is 3.61. The van der Waals surface area contributed by atoms with Gasteiger partial charge in [0.15, 0.2) is 0 Å². The molecule has 2 aliphatic heterocycles. The van der Waals surface area contributed by atoms with E-state index in [0.29, 0.717) is 6.04 Å². The highest BCUT2D eigenvalue weighted by Gasteiger charge is 2.24. The molecule has 1 unspecified atom stereocenters. The topological polar surface area (TPSA) is 15.6 Å². The fourth-order valence-electron chi connectivity index (χ4n) is 2.87. The van der Waals surface area contributed by atoms with Crippen molar-refractivity contribution in [3.05, 3.63) is 0 Å². The normalized spacial score (nSPS) is 24.4. The molecule has 0 spiro atoms. The fourth-order valence-corrected chi connectivity index (χ4v) is 2.87. The van der Waals surface area contributed by atoms with E-state index in [9.17, 15) is 0 Å². The Morgan fingerprint density at radius 1 is 1.19 bits per heavy atom. The van der Waals surface area contributed by atoms with E-state index in [1.54, 1.807) is 0 Å². The lowest BCUT2D eigenvalue weighted by Gasteiger charge is -2.27. The van der Waals surface area contributed by atoms with Crippen LogP contribution in [0.1, 0.15) is 64.7 Å². The minimum Gasteiger partial charge on any atom is -0.360 e. The Balaban J connectivity index is 1.65. The van der Waals surface area contributed by atoms with Gasteiger partial charge in [-0.05, 0) is 19.3 Å². The number of nitrogens with zero attached hydrogens (tertiary/aromatic N) is 2. The Morgan fingerprint density at radius 3 is 2.94 bits per heavy atom. The number of aliphatic imine (C=N–C) groups is 1. The molecule has 2 rings (SSSR count). The molecule has 0 aromatic heterocycles. The van der Waals surface area contributed by atoms with Crippen LogP contribution in [0.4, 0.5) is 0 Å². The molecule has 1 saturated heterocycles. The van der Waals surface area contributed by atoms with Crippen LogP contribution in [0.15, 0.2) is 4.99 Å². The molecule has 2 nitrogen and oxygen atoms in total. The molecule has 0 saturated carbocycles. The predicted molar refractivity (Wildman–Crippen MR) is 70.0 cm³/mol. The molecular weight excluding hydrogens is 196 g/mol. The van der Waals surface area contributed by atoms with Crippen LogP contribution in [0.5, 0.6) is 0 Å². The van der Waals surface area contributed by atoms with Crippen LogP contribution in [-0.4, -0.2) is 29.9 Å². The summed E-state index contributed by atoms with van der Waals surface area (Å²) in [6, 6.07) is 0.658. The summed E-state index contributed by atoms with van der Waals surface area (Å²) in [5.41, 5.74) is 0. The first-order chi connectivity index (χ1) is 7.90. The van der Waals surface area contributed by atoms with Gasteiger partial charge in [-0.15, -0.1) is 0 Å². The van der Waals surface area contributed by atoms with E-state index in [0.717, 1.165) is 0 Å². The minimum absolute atomic E-state index is 0.658. The van der Waals surface area contributed by atoms with E-state index in [-0.39, 0.29) is 0 Å². The van der Waals surface area contributed by atoms with E-state index in [1.807, 2.05) is 0 Å². The number of hydrogen-bond acceptors (Lipinski definition) is 2. The summed E-state index contributed by atoms with van der Waals surface area (Å²) in [5, 5.41) is 0. The number of amidine groups is 1. The fraction of sp³-hybridized carbons (Fsp3) is 0.929. The maximum Gasteiger partial charge on any atom is 0.0993 e. The van der Waals surface area contributed by atoms with Gasteiger partial charge in [0.25, 0.3) is 0 Å². The van der Waals surface area contributed by atoms with E-state index < -0.39 is 0 Å². The Hall–Kier alpha value is -0.530. The molecule has 0 aliphatic carbocycles. The Labute approximate surface area is 100 Å². The van der Waals surface area contributed by atoms with Gasteiger partial charge in [0.1, 0.15) is 0 Å². The third kappa shape index (κ3) is 3.23. The molecule has 2 heteroatoms. The molecule has 2 heterocycles. The second-order valence-corrected chi connectivity index (χ2v) is 5.28. The van der Waals surface area contributed by atoms with Gasteiger partial charge in [-0.25, -0.2) is 0 Å². The maximum absolute atomic E-state index is 4.90. The first kappa shape index (κ1) is 11.9. The van der Waals surface area contributed by atoms with Crippen LogP contribution in [0, 0.1) is 0 Å². The quantitative estimate of drug-likeness (QED) is 0.627. The van der Waals surface area contributed by atoms with Gasteiger partial charge in [-0.1, -0.05) is 39.0 Å². The van der Waals surface area contributed by atoms with Gasteiger partial charge in [0.05, 0.1) is 11.9 Å². The van der Waals surface area contributed by atoms with Crippen molar-refractivity contribution in [3.8, 4) is 0 Å². The van der Waals surface area contributed by atoms with Crippen molar-refractivity contribution in [3.63, 3.8) is 0 Å². The molecule has 0 aromatic rings. The van der Waals surface area contributed by atoms with Gasteiger partial charge >= 0.3 is 0 Å². The summed E-state index contributed by atoms with van der Waals surface area (Å²) in [6.45, 7) is 4.82. The Bertz CT molecular complexity index is 235. The van der Waals surface area contributed by atoms with E-state index >= 15 is 0 Å². The van der Waals surface area contributed by atoms with Crippen LogP contribution in [0.25, 0.3) is 0 Å². The lowest BCUT2D eigenvalue weighted by Crippen LogP contribution is -2.33. The Kier molecular flexibility index (Phi) is 4.68. The molecule has 92 valence electrons. The van der Waals surface area contributed by atoms with Crippen LogP contribution < -0.4 is 0 Å². The number of unbranched alkanes of at least 4 members (excludes halogenated alkanes) is 4. The van der Waals surface area contributed by atoms with Gasteiger partial charge in [-0.3, -0.25) is 4.99 Å². The van der Waals surface area contributed by atoms with Crippen LogP contribution in [0.3, 0.4) is 0 Å². The van der Waals surface area contributed by atoms with Crippen molar-refractivity contribution in [2.24, 2.45) is 4.99 Å². The van der Waals surface area contributed by atoms with Crippen molar-refractivity contribution in [1.29, 1.82) is 0 Å². The molecule has 1 atom stereocenters. The average Bonchev–Trinajstić information content (AvgIpc) is 2.76. The monoisotopic (exact) mass is 222 g/mol. The standard InChI is InChI=1S/C14H26N2/c1-2-3-4-5-6-8-13-10-12-16-11-7-9-14(16)15-13/h13H,2-12H2,1H3. The van der Waals surface area contributed by atoms with E-state index in [4.69, 9.17) is 4.99 Å². The Morgan fingerprint density at radius 2 is 2.06 bits per heavy atom. The van der Waals surface area contributed by atoms with Crippen LogP contribution in [-0.2, 0) is 0 Å². The van der Waals surface area contributed by atoms with Crippen molar-refractivity contribution in [1.82, 2.24) is 4.90 Å². The second-order valence-electron chi connectivity index (χ2n) is 5.28. The van der Waals surface area contributed by atoms with Gasteiger partial charge in [-0.2, -0.15) is 0 Å². The number of hydrogen-bond donors (Lipinski definition) is 0. The van der Waals surface area contributed by atoms with Crippen molar-refractivity contribution < 1.29 is 0 Å². The van der Waals surface area contributed by atoms with Crippen molar-refractivity contribution in [2.75, 3.05) is 13.1 Å². The lowest BCUT2D eigenvalue weighted by atomic mass is 10.0. The lowest BCUT2D eigenvalue weighted by molar-refractivity contribution is 0.376. The molecule has 0 radical (unpaired) electrons. The summed E-state index contributed by atoms with van der Waals surface area (Å²) in [5.74, 6) is 1.42. The summed E-state index contributed by atoms with van der Waals surface area (Å²) in [4.78, 5) is 7.40. The first-order valence-corrected chi connectivity index (χ1v) is 7.22. The highest BCUT2D eigenvalue weighted by Crippen LogP contribution is 2.22. The number of fused-ring (bicyclic) bond motifs is 1. The highest BCUT2D eigenvalue weighted by atomic mass is 15.2. The summed E-state index contributed by atoms with van der Waals surface area (Å²) >= 11 is 0. The van der Waals surface area contributed by atoms with Gasteiger partial charge in [0.2, 0.25) is 0 Å². The summed E-state index contributed by atoms with van der Waals surface area (Å²) in [6.07, 6.45) is 12.2. The molecular formula is C14H26N2. The average molecular weight is 222 g/mol. The molecule has 16 heavy (non-hydrogen) atoms. The molecule has 0 N–H and O–H groups in total. The van der Waals surface area contributed by atoms with Crippen molar-refractivity contribution in [2.45, 2.75) is 70.8 Å². The molecule has 0 aromatic carbocycles. The van der Waals surface area contributed by atoms with Gasteiger partial charge < -0.3 is 4.90 Å². The van der Waals surface area contributed by atoms with Crippen LogP contribution in [0.2, 0.25) is 0 Å². The second kappa shape index (κ2) is 6.27. The molecule has 0 bridgehead atoms. The van der Waals surface area contributed by atoms with Crippen LogP contribution >= 0.6 is 0 Å². The van der Waals surface area contributed by atoms with Crippen molar-refractivity contribution >= 4 is 5.84 Å². The summed E-state index contributed by atoms with van der Waals surface area (Å²) in [7, 11) is 0. The molecule has 0 amide bonds. The van der Waals surface area contributed by atoms with E-state index in [2.05, 4.69) is 11.8 Å². The third-order valence-electron chi connectivity index (χ3n) is 3.90. The maximum atomic E-state index is 4.90. The number of rotatable bonds is 6. The molecule has 2 aliphatic rings. The van der Waals surface area contributed by atoms with E-state index in [1.165, 1.54) is 76.7 Å². The summed E-state index contributed by atoms with van der Waals surface area (Å²) < 4.78 is 0. The molecule has 1 fully saturated rings. The smallest absolute Gasteiger partial charge is 0.0993 e. The zero-order valence-corrected chi connectivity index (χ0v) is 10.7. The van der Waals surface area contributed by atoms with Gasteiger partial charge in [0, 0.05) is 19.5 Å². The third-order valence-corrected chi connectivity index (χ3v) is 3.90. The highest BCUT2D eigenvalue weighted by molar-refractivity contribution is 5.84. The largest absolute Gasteiger partial charge is 0.360 e. The zero-order valence-electron chi connectivity index (χ0n) is 10.7.